The zero-order valence-electron chi connectivity index (χ0n) is 17.5. The molecular weight excluding hydrogens is 379 g/mol. The lowest BCUT2D eigenvalue weighted by atomic mass is 9.96. The van der Waals surface area contributed by atoms with Gasteiger partial charge in [-0.05, 0) is 51.3 Å². The Hall–Kier alpha value is -2.50. The summed E-state index contributed by atoms with van der Waals surface area (Å²) in [5.74, 6) is -3.19. The van der Waals surface area contributed by atoms with Crippen LogP contribution >= 0.6 is 0 Å². The molecule has 160 valence electrons. The average Bonchev–Trinajstić information content (AvgIpc) is 2.62. The second-order valence-corrected chi connectivity index (χ2v) is 7.71. The van der Waals surface area contributed by atoms with Crippen molar-refractivity contribution >= 4 is 5.91 Å². The molecule has 0 aromatic heterocycles. The number of alkyl halides is 3. The average molecular weight is 409 g/mol. The molecule has 0 radical (unpaired) electrons. The predicted molar refractivity (Wildman–Crippen MR) is 111 cm³/mol. The first kappa shape index (κ1) is 24.5. The van der Waals surface area contributed by atoms with Gasteiger partial charge in [-0.25, -0.2) is 13.2 Å². The summed E-state index contributed by atoms with van der Waals surface area (Å²) in [5, 5.41) is 2.80. The van der Waals surface area contributed by atoms with Crippen LogP contribution in [-0.4, -0.2) is 30.7 Å². The Morgan fingerprint density at radius 2 is 1.90 bits per heavy atom. The fraction of sp³-hybridized carbons (Fsp3) is 0.435. The molecule has 3 nitrogen and oxygen atoms in total. The van der Waals surface area contributed by atoms with Crippen molar-refractivity contribution in [1.82, 2.24) is 5.32 Å². The van der Waals surface area contributed by atoms with Crippen molar-refractivity contribution in [2.75, 3.05) is 13.2 Å². The highest BCUT2D eigenvalue weighted by molar-refractivity contribution is 5.96. The molecule has 1 rings (SSSR count). The number of ether oxygens (including phenoxy) is 1. The minimum Gasteiger partial charge on any atom is -0.487 e. The third-order valence-electron chi connectivity index (χ3n) is 3.96. The topological polar surface area (TPSA) is 38.3 Å². The molecule has 0 bridgehead atoms. The van der Waals surface area contributed by atoms with Gasteiger partial charge in [-0.1, -0.05) is 42.5 Å². The molecular formula is C23H30F3NO2. The van der Waals surface area contributed by atoms with Crippen molar-refractivity contribution in [2.45, 2.75) is 52.1 Å². The first-order valence-electron chi connectivity index (χ1n) is 9.47. The van der Waals surface area contributed by atoms with E-state index >= 15 is 0 Å². The lowest BCUT2D eigenvalue weighted by molar-refractivity contribution is -0.0229. The normalized spacial score (nSPS) is 12.9. The van der Waals surface area contributed by atoms with Crippen molar-refractivity contribution in [3.05, 3.63) is 65.8 Å². The molecule has 0 aliphatic rings. The molecule has 29 heavy (non-hydrogen) atoms. The molecule has 0 fully saturated rings. The Kier molecular flexibility index (Phi) is 9.21. The second kappa shape index (κ2) is 10.9. The van der Waals surface area contributed by atoms with Crippen LogP contribution in [0.15, 0.2) is 54.7 Å². The van der Waals surface area contributed by atoms with E-state index in [0.717, 1.165) is 12.5 Å². The highest BCUT2D eigenvalue weighted by Crippen LogP contribution is 2.24. The Morgan fingerprint density at radius 3 is 2.48 bits per heavy atom. The first-order valence-corrected chi connectivity index (χ1v) is 9.47. The molecule has 0 unspecified atom stereocenters. The molecule has 0 heterocycles. The maximum absolute atomic E-state index is 13.9. The lowest BCUT2D eigenvalue weighted by Gasteiger charge is -2.17. The number of halogens is 3. The van der Waals surface area contributed by atoms with Gasteiger partial charge >= 0.3 is 0 Å². The standard InChI is InChI=1S/C23H30F3NO2/c1-6-7-8-9-17(2)15-27-21(28)20-14-19(29-16-23(5,25)26)11-10-18(20)12-13-22(3,4)24/h6-11,14H,1,12-13,15-16H2,2-5H3,(H,27,28)/b8-7-,17-9+. The maximum atomic E-state index is 13.9. The van der Waals surface area contributed by atoms with Crippen LogP contribution in [0.5, 0.6) is 5.75 Å². The van der Waals surface area contributed by atoms with Gasteiger partial charge in [0.15, 0.2) is 6.61 Å². The number of carbonyl (C=O) groups is 1. The quantitative estimate of drug-likeness (QED) is 0.468. The van der Waals surface area contributed by atoms with Crippen molar-refractivity contribution < 1.29 is 22.7 Å². The van der Waals surface area contributed by atoms with Crippen LogP contribution in [0.3, 0.4) is 0 Å². The molecule has 0 aliphatic carbocycles. The molecule has 0 spiro atoms. The van der Waals surface area contributed by atoms with Crippen LogP contribution in [0.2, 0.25) is 0 Å². The van der Waals surface area contributed by atoms with Crippen molar-refractivity contribution in [2.24, 2.45) is 0 Å². The molecule has 0 saturated carbocycles. The molecule has 1 N–H and O–H groups in total. The number of amides is 1. The van der Waals surface area contributed by atoms with E-state index in [0.29, 0.717) is 24.1 Å². The summed E-state index contributed by atoms with van der Waals surface area (Å²) in [6, 6.07) is 4.58. The minimum atomic E-state index is -2.99. The van der Waals surface area contributed by atoms with Crippen LogP contribution in [0.25, 0.3) is 0 Å². The highest BCUT2D eigenvalue weighted by Gasteiger charge is 2.23. The molecule has 1 amide bonds. The van der Waals surface area contributed by atoms with E-state index in [1.54, 1.807) is 18.2 Å². The van der Waals surface area contributed by atoms with E-state index < -0.39 is 18.2 Å². The number of carbonyl (C=O) groups excluding carboxylic acids is 1. The largest absolute Gasteiger partial charge is 0.487 e. The zero-order valence-corrected chi connectivity index (χ0v) is 17.5. The Balaban J connectivity index is 3.00. The van der Waals surface area contributed by atoms with Crippen LogP contribution in [0, 0.1) is 0 Å². The van der Waals surface area contributed by atoms with E-state index in [-0.39, 0.29) is 18.1 Å². The predicted octanol–water partition coefficient (Wildman–Crippen LogP) is 5.82. The Bertz CT molecular complexity index is 756. The fourth-order valence-corrected chi connectivity index (χ4v) is 2.39. The van der Waals surface area contributed by atoms with Gasteiger partial charge in [0.05, 0.1) is 0 Å². The summed E-state index contributed by atoms with van der Waals surface area (Å²) in [6.07, 6.45) is 7.64. The van der Waals surface area contributed by atoms with Crippen molar-refractivity contribution in [3.63, 3.8) is 0 Å². The van der Waals surface area contributed by atoms with Gasteiger partial charge in [-0.15, -0.1) is 0 Å². The third kappa shape index (κ3) is 10.6. The van der Waals surface area contributed by atoms with Gasteiger partial charge in [-0.2, -0.15) is 0 Å². The van der Waals surface area contributed by atoms with E-state index in [2.05, 4.69) is 11.9 Å². The molecule has 1 aromatic rings. The summed E-state index contributed by atoms with van der Waals surface area (Å²) < 4.78 is 45.2. The van der Waals surface area contributed by atoms with Gasteiger partial charge in [0.2, 0.25) is 0 Å². The van der Waals surface area contributed by atoms with Gasteiger partial charge < -0.3 is 10.1 Å². The van der Waals surface area contributed by atoms with E-state index in [9.17, 15) is 18.0 Å². The smallest absolute Gasteiger partial charge is 0.278 e. The third-order valence-corrected chi connectivity index (χ3v) is 3.96. The summed E-state index contributed by atoms with van der Waals surface area (Å²) in [5.41, 5.74) is 0.461. The van der Waals surface area contributed by atoms with Crippen molar-refractivity contribution in [3.8, 4) is 5.75 Å². The summed E-state index contributed by atoms with van der Waals surface area (Å²) in [4.78, 5) is 12.7. The SMILES string of the molecule is C=C/C=C\C=C(/C)CNC(=O)c1cc(OCC(C)(F)F)ccc1CCC(C)(C)F. The lowest BCUT2D eigenvalue weighted by Crippen LogP contribution is -2.27. The Labute approximate surface area is 171 Å². The number of hydrogen-bond donors (Lipinski definition) is 1. The van der Waals surface area contributed by atoms with Gasteiger partial charge in [0, 0.05) is 19.0 Å². The van der Waals surface area contributed by atoms with Gasteiger partial charge in [0.25, 0.3) is 11.8 Å². The van der Waals surface area contributed by atoms with E-state index in [1.807, 2.05) is 19.1 Å². The van der Waals surface area contributed by atoms with Crippen LogP contribution < -0.4 is 10.1 Å². The molecule has 6 heteroatoms. The van der Waals surface area contributed by atoms with Crippen LogP contribution in [0.1, 0.15) is 50.0 Å². The Morgan fingerprint density at radius 1 is 1.21 bits per heavy atom. The second-order valence-electron chi connectivity index (χ2n) is 7.71. The monoisotopic (exact) mass is 409 g/mol. The minimum absolute atomic E-state index is 0.168. The number of rotatable bonds is 11. The number of hydrogen-bond acceptors (Lipinski definition) is 2. The number of aryl methyl sites for hydroxylation is 1. The number of nitrogens with one attached hydrogen (secondary N) is 1. The summed E-state index contributed by atoms with van der Waals surface area (Å²) >= 11 is 0. The van der Waals surface area contributed by atoms with Crippen molar-refractivity contribution in [1.29, 1.82) is 0 Å². The number of benzene rings is 1. The number of allylic oxidation sites excluding steroid dienone is 4. The van der Waals surface area contributed by atoms with Crippen LogP contribution in [-0.2, 0) is 6.42 Å². The molecule has 0 saturated heterocycles. The zero-order chi connectivity index (χ0) is 22.1. The van der Waals surface area contributed by atoms with E-state index in [4.69, 9.17) is 4.74 Å². The summed E-state index contributed by atoms with van der Waals surface area (Å²) in [7, 11) is 0. The molecule has 1 aromatic carbocycles. The maximum Gasteiger partial charge on any atom is 0.278 e. The van der Waals surface area contributed by atoms with Crippen LogP contribution in [0.4, 0.5) is 13.2 Å². The first-order chi connectivity index (χ1) is 13.4. The van der Waals surface area contributed by atoms with Gasteiger partial charge in [0.1, 0.15) is 11.4 Å². The van der Waals surface area contributed by atoms with E-state index in [1.165, 1.54) is 26.0 Å². The summed E-state index contributed by atoms with van der Waals surface area (Å²) in [6.45, 7) is 8.67. The highest BCUT2D eigenvalue weighted by atomic mass is 19.3. The molecule has 0 aliphatic heterocycles. The molecule has 0 atom stereocenters. The fourth-order valence-electron chi connectivity index (χ4n) is 2.39. The van der Waals surface area contributed by atoms with Gasteiger partial charge in [-0.3, -0.25) is 4.79 Å².